The van der Waals surface area contributed by atoms with Crippen LogP contribution in [0, 0.1) is 0 Å². The summed E-state index contributed by atoms with van der Waals surface area (Å²) in [6.45, 7) is 1.22. The van der Waals surface area contributed by atoms with Crippen molar-refractivity contribution in [3.63, 3.8) is 0 Å². The second kappa shape index (κ2) is 4.74. The van der Waals surface area contributed by atoms with E-state index in [-0.39, 0.29) is 0 Å². The SMILES string of the molecule is CCP(=O)(O)O[P+](O)(O)O[P+](O)(O)O. The molecule has 0 aromatic rings. The van der Waals surface area contributed by atoms with Gasteiger partial charge in [0.15, 0.2) is 0 Å². The van der Waals surface area contributed by atoms with E-state index in [1.165, 1.54) is 6.92 Å². The summed E-state index contributed by atoms with van der Waals surface area (Å²) in [5.74, 6) is 0. The first-order chi connectivity index (χ1) is 5.97. The van der Waals surface area contributed by atoms with Gasteiger partial charge in [-0.3, -0.25) is 4.57 Å². The topological polar surface area (TPSA) is 157 Å². The Balaban J connectivity index is 4.43. The maximum atomic E-state index is 10.8. The molecule has 0 heterocycles. The van der Waals surface area contributed by atoms with E-state index in [1.54, 1.807) is 0 Å². The fourth-order valence-corrected chi connectivity index (χ4v) is 3.70. The summed E-state index contributed by atoms with van der Waals surface area (Å²) < 4.78 is 18.1. The van der Waals surface area contributed by atoms with E-state index in [0.717, 1.165) is 0 Å². The molecule has 1 unspecified atom stereocenters. The highest BCUT2D eigenvalue weighted by atomic mass is 31.3. The van der Waals surface area contributed by atoms with Crippen molar-refractivity contribution in [1.29, 1.82) is 0 Å². The molecule has 0 aromatic carbocycles. The van der Waals surface area contributed by atoms with Crippen LogP contribution in [0.3, 0.4) is 0 Å². The van der Waals surface area contributed by atoms with Crippen molar-refractivity contribution >= 4 is 23.9 Å². The molecule has 1 atom stereocenters. The molecule has 0 fully saturated rings. The van der Waals surface area contributed by atoms with E-state index in [9.17, 15) is 4.57 Å². The lowest BCUT2D eigenvalue weighted by atomic mass is 11.0. The zero-order valence-corrected chi connectivity index (χ0v) is 9.64. The normalized spacial score (nSPS) is 17.9. The molecule has 6 N–H and O–H groups in total. The fourth-order valence-electron chi connectivity index (χ4n) is 0.382. The van der Waals surface area contributed by atoms with E-state index in [2.05, 4.69) is 8.62 Å². The smallest absolute Gasteiger partial charge is 0.322 e. The first-order valence-electron chi connectivity index (χ1n) is 3.14. The van der Waals surface area contributed by atoms with Crippen LogP contribution in [0.1, 0.15) is 6.92 Å². The van der Waals surface area contributed by atoms with E-state index in [4.69, 9.17) is 29.4 Å². The lowest BCUT2D eigenvalue weighted by Crippen LogP contribution is -2.03. The Bertz CT molecular complexity index is 231. The van der Waals surface area contributed by atoms with Crippen LogP contribution in [-0.4, -0.2) is 35.5 Å². The number of hydrogen-bond donors (Lipinski definition) is 6. The van der Waals surface area contributed by atoms with Crippen molar-refractivity contribution in [2.45, 2.75) is 6.92 Å². The summed E-state index contributed by atoms with van der Waals surface area (Å²) in [6.07, 6.45) is -0.438. The molecule has 14 heavy (non-hydrogen) atoms. The average Bonchev–Trinajstić information content (AvgIpc) is 1.78. The van der Waals surface area contributed by atoms with Crippen LogP contribution >= 0.6 is 23.9 Å². The van der Waals surface area contributed by atoms with Crippen LogP contribution < -0.4 is 0 Å². The summed E-state index contributed by atoms with van der Waals surface area (Å²) in [6, 6.07) is 0. The molecular weight excluding hydrogens is 261 g/mol. The highest BCUT2D eigenvalue weighted by molar-refractivity contribution is 7.72. The van der Waals surface area contributed by atoms with Gasteiger partial charge in [-0.2, -0.15) is 24.5 Å². The largest absolute Gasteiger partial charge is 0.628 e. The Kier molecular flexibility index (Phi) is 5.00. The molecule has 9 nitrogen and oxygen atoms in total. The highest BCUT2D eigenvalue weighted by Gasteiger charge is 2.61. The lowest BCUT2D eigenvalue weighted by Gasteiger charge is -2.09. The van der Waals surface area contributed by atoms with Crippen molar-refractivity contribution in [2.75, 3.05) is 6.16 Å². The molecule has 0 aromatic heterocycles. The quantitative estimate of drug-likeness (QED) is 0.364. The number of hydrogen-bond acceptors (Lipinski definition) is 8. The Hall–Kier alpha value is 0.770. The van der Waals surface area contributed by atoms with Gasteiger partial charge in [0.25, 0.3) is 0 Å². The van der Waals surface area contributed by atoms with E-state index in [0.29, 0.717) is 0 Å². The molecule has 12 heteroatoms. The van der Waals surface area contributed by atoms with Crippen molar-refractivity contribution in [1.82, 2.24) is 0 Å². The maximum absolute atomic E-state index is 10.8. The average molecular weight is 272 g/mol. The molecule has 86 valence electrons. The lowest BCUT2D eigenvalue weighted by molar-refractivity contribution is 0.173. The summed E-state index contributed by atoms with van der Waals surface area (Å²) in [7, 11) is -14.1. The highest BCUT2D eigenvalue weighted by Crippen LogP contribution is 2.72. The van der Waals surface area contributed by atoms with Crippen molar-refractivity contribution in [2.24, 2.45) is 0 Å². The van der Waals surface area contributed by atoms with Gasteiger partial charge in [-0.1, -0.05) is 11.2 Å². The summed E-state index contributed by atoms with van der Waals surface area (Å²) in [5, 5.41) is 0. The van der Waals surface area contributed by atoms with Gasteiger partial charge < -0.3 is 4.89 Å². The van der Waals surface area contributed by atoms with E-state index in [1.807, 2.05) is 0 Å². The van der Waals surface area contributed by atoms with Crippen LogP contribution in [0.5, 0.6) is 0 Å². The Morgan fingerprint density at radius 1 is 1.21 bits per heavy atom. The Morgan fingerprint density at radius 3 is 1.93 bits per heavy atom. The van der Waals surface area contributed by atoms with E-state index < -0.39 is 30.1 Å². The molecule has 0 aliphatic carbocycles. The Labute approximate surface area is 80.4 Å². The van der Waals surface area contributed by atoms with Gasteiger partial charge >= 0.3 is 23.9 Å². The van der Waals surface area contributed by atoms with Gasteiger partial charge in [-0.25, -0.2) is 0 Å². The van der Waals surface area contributed by atoms with E-state index >= 15 is 0 Å². The molecule has 0 saturated carbocycles. The summed E-state index contributed by atoms with van der Waals surface area (Å²) in [4.78, 5) is 51.1. The molecular formula is C2H11O9P3+2. The molecule has 0 saturated heterocycles. The monoisotopic (exact) mass is 272 g/mol. The Morgan fingerprint density at radius 2 is 1.64 bits per heavy atom. The minimum atomic E-state index is -4.94. The zero-order chi connectivity index (χ0) is 11.6. The molecule has 0 rings (SSSR count). The third kappa shape index (κ3) is 7.11. The van der Waals surface area contributed by atoms with Gasteiger partial charge in [-0.15, -0.1) is 0 Å². The van der Waals surface area contributed by atoms with Crippen molar-refractivity contribution in [3.05, 3.63) is 0 Å². The third-order valence-electron chi connectivity index (χ3n) is 0.849. The second-order valence-electron chi connectivity index (χ2n) is 2.12. The first kappa shape index (κ1) is 14.8. The van der Waals surface area contributed by atoms with Crippen LogP contribution in [0.2, 0.25) is 0 Å². The van der Waals surface area contributed by atoms with Crippen LogP contribution in [-0.2, 0) is 13.2 Å². The van der Waals surface area contributed by atoms with Gasteiger partial charge in [-0.05, 0) is 0 Å². The number of rotatable bonds is 5. The van der Waals surface area contributed by atoms with Gasteiger partial charge in [0, 0.05) is 0 Å². The predicted octanol–water partition coefficient (Wildman–Crippen LogP) is -0.458. The second-order valence-corrected chi connectivity index (χ2v) is 7.34. The molecule has 0 aliphatic heterocycles. The standard InChI is InChI=1S/C2H10O9P3/c1-2-12(3,4)10-14(8,9)11-13(5,6)7/h5-9H,2H2,1H3/q+1/p+1. The van der Waals surface area contributed by atoms with Gasteiger partial charge in [0.2, 0.25) is 0 Å². The van der Waals surface area contributed by atoms with Crippen LogP contribution in [0.4, 0.5) is 0 Å². The third-order valence-corrected chi connectivity index (χ3v) is 5.25. The minimum absolute atomic E-state index is 0.438. The van der Waals surface area contributed by atoms with Crippen molar-refractivity contribution in [3.8, 4) is 0 Å². The maximum Gasteiger partial charge on any atom is 0.628 e. The first-order valence-corrected chi connectivity index (χ1v) is 7.99. The molecule has 0 spiro atoms. The minimum Gasteiger partial charge on any atom is -0.322 e. The molecule has 0 bridgehead atoms. The molecule has 0 radical (unpaired) electrons. The summed E-state index contributed by atoms with van der Waals surface area (Å²) >= 11 is 0. The van der Waals surface area contributed by atoms with Gasteiger partial charge in [0.1, 0.15) is 0 Å². The summed E-state index contributed by atoms with van der Waals surface area (Å²) in [5.41, 5.74) is 0. The molecule has 0 amide bonds. The van der Waals surface area contributed by atoms with Crippen LogP contribution in [0.25, 0.3) is 0 Å². The van der Waals surface area contributed by atoms with Crippen molar-refractivity contribution < 1.29 is 42.5 Å². The van der Waals surface area contributed by atoms with Gasteiger partial charge in [0.05, 0.1) is 10.5 Å². The zero-order valence-electron chi connectivity index (χ0n) is 6.96. The fraction of sp³-hybridized carbons (Fsp3) is 1.00. The predicted molar refractivity (Wildman–Crippen MR) is 47.5 cm³/mol. The molecule has 0 aliphatic rings. The van der Waals surface area contributed by atoms with Crippen LogP contribution in [0.15, 0.2) is 0 Å².